The molecule has 1 amide bonds. The first kappa shape index (κ1) is 48.3. The number of alkyl halides is 1. The summed E-state index contributed by atoms with van der Waals surface area (Å²) in [7, 11) is 3.14. The van der Waals surface area contributed by atoms with Gasteiger partial charge in [-0.3, -0.25) is 33.5 Å². The minimum absolute atomic E-state index is 0.00208. The summed E-state index contributed by atoms with van der Waals surface area (Å²) in [6.45, 7) is 0.892. The van der Waals surface area contributed by atoms with Crippen LogP contribution in [0.25, 0.3) is 0 Å². The van der Waals surface area contributed by atoms with Gasteiger partial charge in [-0.1, -0.05) is 82.8 Å². The third-order valence-corrected chi connectivity index (χ3v) is 13.9. The summed E-state index contributed by atoms with van der Waals surface area (Å²) in [6.07, 6.45) is -3.71. The number of rotatable bonds is 18. The van der Waals surface area contributed by atoms with Gasteiger partial charge in [0.25, 0.3) is 11.1 Å². The maximum Gasteiger partial charge on any atom is 0.330 e. The van der Waals surface area contributed by atoms with Gasteiger partial charge in [-0.15, -0.1) is 0 Å². The lowest BCUT2D eigenvalue weighted by Crippen LogP contribution is -2.43. The molecule has 7 rings (SSSR count). The number of thiol groups is 1. The van der Waals surface area contributed by atoms with E-state index in [0.29, 0.717) is 11.5 Å². The molecule has 8 atom stereocenters. The van der Waals surface area contributed by atoms with Gasteiger partial charge in [0.05, 0.1) is 44.8 Å². The molecule has 2 aliphatic rings. The van der Waals surface area contributed by atoms with E-state index in [1.54, 1.807) is 14.2 Å². The van der Waals surface area contributed by atoms with Gasteiger partial charge in [0.1, 0.15) is 47.9 Å². The van der Waals surface area contributed by atoms with Crippen molar-refractivity contribution in [2.75, 3.05) is 39.3 Å². The molecule has 2 aromatic heterocycles. The number of amides is 1. The van der Waals surface area contributed by atoms with Crippen LogP contribution in [0.15, 0.2) is 117 Å². The van der Waals surface area contributed by atoms with Crippen molar-refractivity contribution in [3.8, 4) is 11.5 Å². The summed E-state index contributed by atoms with van der Waals surface area (Å²) in [6, 6.07) is 25.5. The first-order chi connectivity index (χ1) is 31.2. The van der Waals surface area contributed by atoms with Crippen LogP contribution in [0.2, 0.25) is 0 Å². The van der Waals surface area contributed by atoms with E-state index in [9.17, 15) is 29.1 Å². The molecule has 2 saturated heterocycles. The maximum absolute atomic E-state index is 13.4. The van der Waals surface area contributed by atoms with Crippen molar-refractivity contribution in [1.29, 1.82) is 0 Å². The Morgan fingerprint density at radius 2 is 1.51 bits per heavy atom. The molecule has 4 heterocycles. The minimum Gasteiger partial charge on any atom is -0.497 e. The van der Waals surface area contributed by atoms with Crippen molar-refractivity contribution in [1.82, 2.24) is 24.4 Å². The van der Waals surface area contributed by atoms with Crippen LogP contribution in [0.5, 0.6) is 11.5 Å². The predicted molar refractivity (Wildman–Crippen MR) is 248 cm³/mol. The third-order valence-electron chi connectivity index (χ3n) is 11.2. The second kappa shape index (κ2) is 20.9. The normalized spacial score (nSPS) is 22.9. The molecule has 2 aliphatic heterocycles. The number of ether oxygens (including phenoxy) is 5. The Hall–Kier alpha value is -4.67. The van der Waals surface area contributed by atoms with Crippen molar-refractivity contribution < 1.29 is 42.6 Å². The number of aliphatic hydroxyl groups excluding tert-OH is 1. The van der Waals surface area contributed by atoms with E-state index in [4.69, 9.17) is 56.8 Å². The summed E-state index contributed by atoms with van der Waals surface area (Å²) >= 11 is 13.8. The molecule has 2 fully saturated rings. The first-order valence-corrected chi connectivity index (χ1v) is 25.2. The molecule has 0 radical (unpaired) electrons. The van der Waals surface area contributed by atoms with Crippen LogP contribution in [0.4, 0.5) is 0 Å². The molecule has 0 bridgehead atoms. The number of aryl methyl sites for hydroxylation is 1. The summed E-state index contributed by atoms with van der Waals surface area (Å²) in [5, 5.41) is 13.8. The average Bonchev–Trinajstić information content (AvgIpc) is 3.84. The lowest BCUT2D eigenvalue weighted by Gasteiger charge is -2.37. The number of nitrogens with one attached hydrogen (secondary N) is 3. The number of aliphatic hydroxyl groups is 1. The minimum atomic E-state index is -3.67. The zero-order valence-electron chi connectivity index (χ0n) is 35.2. The number of hydrogen-bond donors (Lipinski definition) is 5. The molecule has 3 aromatic carbocycles. The molecule has 65 heavy (non-hydrogen) atoms. The van der Waals surface area contributed by atoms with Crippen molar-refractivity contribution in [3.63, 3.8) is 0 Å². The van der Waals surface area contributed by atoms with Crippen LogP contribution in [0, 0.1) is 12.8 Å². The van der Waals surface area contributed by atoms with Crippen LogP contribution < -0.4 is 37.3 Å². The van der Waals surface area contributed by atoms with Gasteiger partial charge in [0.15, 0.2) is 0 Å². The maximum atomic E-state index is 13.4. The fourth-order valence-corrected chi connectivity index (χ4v) is 10.1. The van der Waals surface area contributed by atoms with Crippen molar-refractivity contribution >= 4 is 51.6 Å². The molecule has 5 aromatic rings. The van der Waals surface area contributed by atoms with E-state index in [1.807, 2.05) is 78.9 Å². The van der Waals surface area contributed by atoms with Gasteiger partial charge < -0.3 is 43.2 Å². The Labute approximate surface area is 390 Å². The summed E-state index contributed by atoms with van der Waals surface area (Å²) < 4.78 is 46.1. The Kier molecular flexibility index (Phi) is 15.5. The van der Waals surface area contributed by atoms with Gasteiger partial charge >= 0.3 is 11.4 Å². The highest BCUT2D eigenvalue weighted by atomic mass is 79.9. The van der Waals surface area contributed by atoms with Crippen LogP contribution >= 0.6 is 33.9 Å². The van der Waals surface area contributed by atoms with Crippen molar-refractivity contribution in [2.45, 2.75) is 55.8 Å². The van der Waals surface area contributed by atoms with Crippen LogP contribution in [-0.4, -0.2) is 93.8 Å². The monoisotopic (exact) mass is 1020 g/mol. The van der Waals surface area contributed by atoms with Crippen LogP contribution in [0.3, 0.4) is 0 Å². The summed E-state index contributed by atoms with van der Waals surface area (Å²) in [5.74, 6) is -0.0222. The van der Waals surface area contributed by atoms with Crippen molar-refractivity contribution in [3.05, 3.63) is 161 Å². The number of aromatic amines is 2. The highest BCUT2D eigenvalue weighted by Crippen LogP contribution is 2.58. The SMILES string of the molecule is COc1ccc(C(OC[C@H]2O[C@@H](n3ccc(=O)[nH]c3=O)[C@H](CNC(=O)CBr)[C@@H]2OP(=S)(S)OC[C@H]2O[C@@H](n3cc(C)c(=O)[nH]c3=O)C[C@@H]2O)(c2ccccc2)c2ccc(OC)cc2)cc1. The number of benzene rings is 3. The molecule has 1 unspecified atom stereocenters. The highest BCUT2D eigenvalue weighted by Gasteiger charge is 2.50. The molecule has 0 aliphatic carbocycles. The predicted octanol–water partition coefficient (Wildman–Crippen LogP) is 3.65. The Balaban J connectivity index is 1.26. The number of H-pyrrole nitrogens is 2. The van der Waals surface area contributed by atoms with Gasteiger partial charge in [-0.05, 0) is 59.7 Å². The molecule has 0 spiro atoms. The molecular formula is C43H47BrN5O13PS2. The summed E-state index contributed by atoms with van der Waals surface area (Å²) in [4.78, 5) is 67.5. The molecule has 4 N–H and O–H groups in total. The van der Waals surface area contributed by atoms with Gasteiger partial charge in [-0.2, -0.15) is 0 Å². The fourth-order valence-electron chi connectivity index (χ4n) is 7.94. The Morgan fingerprint density at radius 3 is 2.11 bits per heavy atom. The second-order valence-corrected chi connectivity index (χ2v) is 21.0. The largest absolute Gasteiger partial charge is 0.497 e. The molecule has 22 heteroatoms. The zero-order valence-corrected chi connectivity index (χ0v) is 39.4. The Morgan fingerprint density at radius 1 is 0.892 bits per heavy atom. The van der Waals surface area contributed by atoms with E-state index in [1.165, 1.54) is 34.5 Å². The van der Waals surface area contributed by atoms with Crippen molar-refractivity contribution in [2.24, 2.45) is 5.92 Å². The number of methoxy groups -OCH3 is 2. The number of carbonyl (C=O) groups is 1. The van der Waals surface area contributed by atoms with Crippen LogP contribution in [0.1, 0.15) is 41.1 Å². The highest BCUT2D eigenvalue weighted by molar-refractivity contribution is 9.09. The number of aromatic nitrogens is 4. The quantitative estimate of drug-likeness (QED) is 0.0366. The molecule has 346 valence electrons. The van der Waals surface area contributed by atoms with Gasteiger partial charge in [0, 0.05) is 37.0 Å². The molecule has 18 nitrogen and oxygen atoms in total. The van der Waals surface area contributed by atoms with Crippen LogP contribution in [-0.2, 0) is 45.5 Å². The smallest absolute Gasteiger partial charge is 0.330 e. The third kappa shape index (κ3) is 10.8. The number of halogens is 1. The molecular weight excluding hydrogens is 970 g/mol. The van der Waals surface area contributed by atoms with E-state index >= 15 is 0 Å². The van der Waals surface area contributed by atoms with E-state index in [-0.39, 0.29) is 43.0 Å². The zero-order chi connectivity index (χ0) is 46.5. The first-order valence-electron chi connectivity index (χ1n) is 20.3. The lowest BCUT2D eigenvalue weighted by molar-refractivity contribution is -0.118. The topological polar surface area (TPSA) is 224 Å². The Bertz CT molecular complexity index is 2690. The fraction of sp³-hybridized carbons (Fsp3) is 0.372. The van der Waals surface area contributed by atoms with Gasteiger partial charge in [-0.25, -0.2) is 9.59 Å². The summed E-state index contributed by atoms with van der Waals surface area (Å²) in [5.41, 5.74) is -5.20. The van der Waals surface area contributed by atoms with E-state index < -0.39 is 76.6 Å². The lowest BCUT2D eigenvalue weighted by atomic mass is 9.80. The molecule has 0 saturated carbocycles. The van der Waals surface area contributed by atoms with E-state index in [2.05, 4.69) is 31.2 Å². The number of hydrogen-bond acceptors (Lipinski definition) is 14. The average molecular weight is 1020 g/mol. The standard InChI is InChI=1S/C43H47BrN5O13PS2/c1-25-22-49(42(55)47-39(25)53)37-19-32(50)33(60-37)24-59-63(64,65)62-38-31(21-45-36(52)20-44)40(48-18-17-35(51)46-41(48)54)61-34(38)23-58-43(26-7-5-4-6-8-26,27-9-13-29(56-2)14-10-27)28-11-15-30(57-3)16-12-28/h4-18,22,31-34,37-38,40,50H,19-21,23-24H2,1-3H3,(H,45,52)(H,64,65)(H,46,51,54)(H,47,53,55)/t31-,32+,33-,34-,37-,38+,40-/m1/s1. The number of carbonyl (C=O) groups excluding carboxylic acids is 1. The van der Waals surface area contributed by atoms with Gasteiger partial charge in [0.2, 0.25) is 11.6 Å². The van der Waals surface area contributed by atoms with E-state index in [0.717, 1.165) is 16.7 Å². The second-order valence-electron chi connectivity index (χ2n) is 15.2. The number of nitrogens with zero attached hydrogens (tertiary/aromatic N) is 2.